The Morgan fingerprint density at radius 2 is 1.70 bits per heavy atom. The number of likely N-dealkylation sites (tertiary alicyclic amines) is 1. The van der Waals surface area contributed by atoms with Gasteiger partial charge in [0.25, 0.3) is 5.91 Å². The second kappa shape index (κ2) is 8.57. The van der Waals surface area contributed by atoms with E-state index in [1.165, 1.54) is 29.7 Å². The standard InChI is InChI=1S/C23H31N3O/c1-17-7-8-20(15-18(17)2)23(27)24-16-22(26-13-5-6-14-26)19-9-11-21(12-10-19)25(3)4/h7-12,15,22H,5-6,13-14,16H2,1-4H3,(H,24,27)/t22-/m1/s1. The molecule has 0 saturated carbocycles. The van der Waals surface area contributed by atoms with Gasteiger partial charge in [0.05, 0.1) is 6.04 Å². The fourth-order valence-electron chi connectivity index (χ4n) is 3.68. The van der Waals surface area contributed by atoms with Crippen molar-refractivity contribution >= 4 is 11.6 Å². The first kappa shape index (κ1) is 19.4. The molecule has 144 valence electrons. The summed E-state index contributed by atoms with van der Waals surface area (Å²) in [6.07, 6.45) is 2.47. The molecule has 4 heteroatoms. The monoisotopic (exact) mass is 365 g/mol. The van der Waals surface area contributed by atoms with Crippen LogP contribution in [-0.2, 0) is 0 Å². The molecule has 0 aliphatic carbocycles. The molecule has 2 aromatic rings. The van der Waals surface area contributed by atoms with Gasteiger partial charge in [-0.3, -0.25) is 9.69 Å². The number of anilines is 1. The van der Waals surface area contributed by atoms with E-state index < -0.39 is 0 Å². The molecule has 1 amide bonds. The maximum atomic E-state index is 12.7. The summed E-state index contributed by atoms with van der Waals surface area (Å²) in [6, 6.07) is 14.8. The molecule has 0 unspecified atom stereocenters. The largest absolute Gasteiger partial charge is 0.378 e. The Kier molecular flexibility index (Phi) is 6.17. The molecule has 1 heterocycles. The van der Waals surface area contributed by atoms with Gasteiger partial charge in [-0.05, 0) is 80.7 Å². The Hall–Kier alpha value is -2.33. The van der Waals surface area contributed by atoms with Gasteiger partial charge in [-0.25, -0.2) is 0 Å². The summed E-state index contributed by atoms with van der Waals surface area (Å²) in [6.45, 7) is 6.94. The summed E-state index contributed by atoms with van der Waals surface area (Å²) < 4.78 is 0. The minimum Gasteiger partial charge on any atom is -0.378 e. The van der Waals surface area contributed by atoms with Crippen LogP contribution in [-0.4, -0.2) is 44.5 Å². The zero-order chi connectivity index (χ0) is 19.4. The van der Waals surface area contributed by atoms with E-state index in [2.05, 4.69) is 60.4 Å². The highest BCUT2D eigenvalue weighted by atomic mass is 16.1. The number of hydrogen-bond acceptors (Lipinski definition) is 3. The van der Waals surface area contributed by atoms with E-state index in [0.29, 0.717) is 6.54 Å². The van der Waals surface area contributed by atoms with E-state index in [9.17, 15) is 4.79 Å². The van der Waals surface area contributed by atoms with Gasteiger partial charge in [-0.15, -0.1) is 0 Å². The molecule has 0 spiro atoms. The Bertz CT molecular complexity index is 777. The fraction of sp³-hybridized carbons (Fsp3) is 0.435. The van der Waals surface area contributed by atoms with Crippen LogP contribution in [0.25, 0.3) is 0 Å². The third-order valence-electron chi connectivity index (χ3n) is 5.60. The molecule has 4 nitrogen and oxygen atoms in total. The number of amides is 1. The quantitative estimate of drug-likeness (QED) is 0.842. The molecule has 1 aliphatic heterocycles. The predicted molar refractivity (Wildman–Crippen MR) is 113 cm³/mol. The molecule has 3 rings (SSSR count). The maximum Gasteiger partial charge on any atom is 0.251 e. The van der Waals surface area contributed by atoms with Crippen molar-refractivity contribution in [1.29, 1.82) is 0 Å². The Morgan fingerprint density at radius 3 is 2.30 bits per heavy atom. The molecule has 1 atom stereocenters. The summed E-state index contributed by atoms with van der Waals surface area (Å²) in [5.41, 5.74) is 5.56. The first-order valence-corrected chi connectivity index (χ1v) is 9.82. The lowest BCUT2D eigenvalue weighted by Gasteiger charge is -2.28. The van der Waals surface area contributed by atoms with E-state index in [4.69, 9.17) is 0 Å². The maximum absolute atomic E-state index is 12.7. The van der Waals surface area contributed by atoms with E-state index in [0.717, 1.165) is 24.2 Å². The zero-order valence-corrected chi connectivity index (χ0v) is 17.0. The van der Waals surface area contributed by atoms with Crippen LogP contribution in [0, 0.1) is 13.8 Å². The van der Waals surface area contributed by atoms with Crippen molar-refractivity contribution in [1.82, 2.24) is 10.2 Å². The van der Waals surface area contributed by atoms with Gasteiger partial charge in [0.2, 0.25) is 0 Å². The van der Waals surface area contributed by atoms with E-state index in [-0.39, 0.29) is 11.9 Å². The molecular weight excluding hydrogens is 334 g/mol. The molecule has 0 radical (unpaired) electrons. The number of carbonyl (C=O) groups is 1. The Balaban J connectivity index is 1.73. The van der Waals surface area contributed by atoms with Gasteiger partial charge in [0.1, 0.15) is 0 Å². The van der Waals surface area contributed by atoms with Gasteiger partial charge in [0.15, 0.2) is 0 Å². The molecule has 0 aromatic heterocycles. The third kappa shape index (κ3) is 4.69. The number of aryl methyl sites for hydroxylation is 2. The number of hydrogen-bond donors (Lipinski definition) is 1. The smallest absolute Gasteiger partial charge is 0.251 e. The van der Waals surface area contributed by atoms with Crippen LogP contribution in [0.1, 0.15) is 45.9 Å². The summed E-state index contributed by atoms with van der Waals surface area (Å²) in [7, 11) is 4.10. The number of carbonyl (C=O) groups excluding carboxylic acids is 1. The summed E-state index contributed by atoms with van der Waals surface area (Å²) in [4.78, 5) is 17.3. The topological polar surface area (TPSA) is 35.6 Å². The van der Waals surface area contributed by atoms with Crippen LogP contribution in [0.3, 0.4) is 0 Å². The number of rotatable bonds is 6. The normalized spacial score (nSPS) is 15.6. The van der Waals surface area contributed by atoms with Crippen LogP contribution in [0.15, 0.2) is 42.5 Å². The van der Waals surface area contributed by atoms with Crippen molar-refractivity contribution in [3.05, 3.63) is 64.7 Å². The van der Waals surface area contributed by atoms with Crippen LogP contribution < -0.4 is 10.2 Å². The molecule has 1 aliphatic rings. The highest BCUT2D eigenvalue weighted by Gasteiger charge is 2.24. The van der Waals surface area contributed by atoms with Gasteiger partial charge in [-0.2, -0.15) is 0 Å². The van der Waals surface area contributed by atoms with Crippen molar-refractivity contribution in [2.24, 2.45) is 0 Å². The SMILES string of the molecule is Cc1ccc(C(=O)NC[C@H](c2ccc(N(C)C)cc2)N2CCCC2)cc1C. The van der Waals surface area contributed by atoms with Crippen molar-refractivity contribution in [2.75, 3.05) is 38.6 Å². The van der Waals surface area contributed by atoms with Crippen molar-refractivity contribution in [3.8, 4) is 0 Å². The first-order chi connectivity index (χ1) is 13.0. The second-order valence-electron chi connectivity index (χ2n) is 7.75. The van der Waals surface area contributed by atoms with E-state index in [1.807, 2.05) is 25.1 Å². The number of nitrogens with zero attached hydrogens (tertiary/aromatic N) is 2. The molecule has 1 fully saturated rings. The minimum atomic E-state index is 0.00667. The second-order valence-corrected chi connectivity index (χ2v) is 7.75. The van der Waals surface area contributed by atoms with Crippen LogP contribution in [0.4, 0.5) is 5.69 Å². The van der Waals surface area contributed by atoms with Gasteiger partial charge in [-0.1, -0.05) is 18.2 Å². The first-order valence-electron chi connectivity index (χ1n) is 9.82. The van der Waals surface area contributed by atoms with Crippen LogP contribution in [0.5, 0.6) is 0 Å². The van der Waals surface area contributed by atoms with E-state index in [1.54, 1.807) is 0 Å². The fourth-order valence-corrected chi connectivity index (χ4v) is 3.68. The van der Waals surface area contributed by atoms with E-state index >= 15 is 0 Å². The number of benzene rings is 2. The molecule has 27 heavy (non-hydrogen) atoms. The summed E-state index contributed by atoms with van der Waals surface area (Å²) in [5.74, 6) is 0.00667. The van der Waals surface area contributed by atoms with Gasteiger partial charge >= 0.3 is 0 Å². The summed E-state index contributed by atoms with van der Waals surface area (Å²) >= 11 is 0. The van der Waals surface area contributed by atoms with Crippen LogP contribution >= 0.6 is 0 Å². The molecule has 2 aromatic carbocycles. The lowest BCUT2D eigenvalue weighted by atomic mass is 10.0. The van der Waals surface area contributed by atoms with Crippen molar-refractivity contribution in [3.63, 3.8) is 0 Å². The zero-order valence-electron chi connectivity index (χ0n) is 17.0. The lowest BCUT2D eigenvalue weighted by Crippen LogP contribution is -2.36. The number of nitrogens with one attached hydrogen (secondary N) is 1. The Labute approximate surface area is 163 Å². The van der Waals surface area contributed by atoms with Gasteiger partial charge in [0, 0.05) is 31.9 Å². The summed E-state index contributed by atoms with van der Waals surface area (Å²) in [5, 5.41) is 3.17. The molecule has 1 N–H and O–H groups in total. The lowest BCUT2D eigenvalue weighted by molar-refractivity contribution is 0.0938. The average molecular weight is 366 g/mol. The molecular formula is C23H31N3O. The van der Waals surface area contributed by atoms with Crippen molar-refractivity contribution < 1.29 is 4.79 Å². The highest BCUT2D eigenvalue weighted by Crippen LogP contribution is 2.26. The third-order valence-corrected chi connectivity index (χ3v) is 5.60. The highest BCUT2D eigenvalue weighted by molar-refractivity contribution is 5.94. The predicted octanol–water partition coefficient (Wildman–Crippen LogP) is 3.94. The minimum absolute atomic E-state index is 0.00667. The Morgan fingerprint density at radius 1 is 1.04 bits per heavy atom. The molecule has 1 saturated heterocycles. The van der Waals surface area contributed by atoms with Crippen molar-refractivity contribution in [2.45, 2.75) is 32.7 Å². The van der Waals surface area contributed by atoms with Crippen LogP contribution in [0.2, 0.25) is 0 Å². The average Bonchev–Trinajstić information content (AvgIpc) is 3.19. The van der Waals surface area contributed by atoms with Gasteiger partial charge < -0.3 is 10.2 Å². The molecule has 0 bridgehead atoms.